The minimum absolute atomic E-state index is 0.173. The number of rotatable bonds is 4. The summed E-state index contributed by atoms with van der Waals surface area (Å²) in [6.07, 6.45) is 7.50. The van der Waals surface area contributed by atoms with Crippen LogP contribution in [-0.2, 0) is 11.2 Å². The Hall–Kier alpha value is -1.32. The molecule has 1 aliphatic carbocycles. The highest BCUT2D eigenvalue weighted by Gasteiger charge is 2.19. The molecule has 0 spiro atoms. The smallest absolute Gasteiger partial charge is 0.303 e. The van der Waals surface area contributed by atoms with Crippen LogP contribution in [-0.4, -0.2) is 21.0 Å². The van der Waals surface area contributed by atoms with Gasteiger partial charge in [-0.3, -0.25) is 4.79 Å². The predicted molar refractivity (Wildman–Crippen MR) is 55.8 cm³/mol. The number of aliphatic carboxylic acids is 1. The first kappa shape index (κ1) is 10.2. The first-order chi connectivity index (χ1) is 7.25. The number of nitrogens with zero attached hydrogens (tertiary/aromatic N) is 1. The fourth-order valence-corrected chi connectivity index (χ4v) is 2.15. The zero-order valence-corrected chi connectivity index (χ0v) is 8.70. The highest BCUT2D eigenvalue weighted by molar-refractivity contribution is 5.66. The average Bonchev–Trinajstić information content (AvgIpc) is 2.85. The lowest BCUT2D eigenvalue weighted by atomic mass is 10.1. The highest BCUT2D eigenvalue weighted by Crippen LogP contribution is 2.32. The molecule has 1 saturated carbocycles. The van der Waals surface area contributed by atoms with E-state index in [9.17, 15) is 4.79 Å². The Labute approximate surface area is 88.7 Å². The molecule has 1 fully saturated rings. The van der Waals surface area contributed by atoms with Crippen molar-refractivity contribution in [1.82, 2.24) is 9.97 Å². The van der Waals surface area contributed by atoms with E-state index in [1.807, 2.05) is 0 Å². The van der Waals surface area contributed by atoms with Crippen LogP contribution < -0.4 is 0 Å². The third kappa shape index (κ3) is 2.58. The molecule has 0 unspecified atom stereocenters. The molecule has 1 aliphatic rings. The first-order valence-corrected chi connectivity index (χ1v) is 5.51. The van der Waals surface area contributed by atoms with Crippen LogP contribution >= 0.6 is 0 Å². The molecule has 0 bridgehead atoms. The van der Waals surface area contributed by atoms with E-state index in [1.54, 1.807) is 6.20 Å². The number of carbonyl (C=O) groups is 1. The van der Waals surface area contributed by atoms with Gasteiger partial charge in [0, 0.05) is 17.8 Å². The van der Waals surface area contributed by atoms with Gasteiger partial charge < -0.3 is 10.1 Å². The molecule has 0 atom stereocenters. The van der Waals surface area contributed by atoms with Crippen LogP contribution in [0.15, 0.2) is 6.20 Å². The Kier molecular flexibility index (Phi) is 3.04. The summed E-state index contributed by atoms with van der Waals surface area (Å²) < 4.78 is 0. The van der Waals surface area contributed by atoms with Crippen LogP contribution in [0, 0.1) is 0 Å². The van der Waals surface area contributed by atoms with Gasteiger partial charge in [-0.2, -0.15) is 0 Å². The summed E-state index contributed by atoms with van der Waals surface area (Å²) in [7, 11) is 0. The molecule has 1 aromatic heterocycles. The molecule has 82 valence electrons. The summed E-state index contributed by atoms with van der Waals surface area (Å²) in [5.41, 5.74) is 0.944. The molecular formula is C11H16N2O2. The monoisotopic (exact) mass is 208 g/mol. The minimum Gasteiger partial charge on any atom is -0.481 e. The van der Waals surface area contributed by atoms with Crippen LogP contribution in [0.1, 0.15) is 49.5 Å². The second-order valence-corrected chi connectivity index (χ2v) is 4.17. The first-order valence-electron chi connectivity index (χ1n) is 5.51. The van der Waals surface area contributed by atoms with Gasteiger partial charge in [0.15, 0.2) is 0 Å². The molecule has 4 nitrogen and oxygen atoms in total. The van der Waals surface area contributed by atoms with Crippen molar-refractivity contribution in [1.29, 1.82) is 0 Å². The van der Waals surface area contributed by atoms with Crippen LogP contribution in [0.3, 0.4) is 0 Å². The molecule has 2 rings (SSSR count). The summed E-state index contributed by atoms with van der Waals surface area (Å²) >= 11 is 0. The van der Waals surface area contributed by atoms with Crippen LogP contribution in [0.5, 0.6) is 0 Å². The predicted octanol–water partition coefficient (Wildman–Crippen LogP) is 2.08. The van der Waals surface area contributed by atoms with Crippen LogP contribution in [0.4, 0.5) is 0 Å². The highest BCUT2D eigenvalue weighted by atomic mass is 16.4. The summed E-state index contributed by atoms with van der Waals surface area (Å²) in [6, 6.07) is 0. The Bertz CT molecular complexity index is 340. The molecule has 2 N–H and O–H groups in total. The van der Waals surface area contributed by atoms with Crippen molar-refractivity contribution in [3.05, 3.63) is 17.7 Å². The number of aromatic nitrogens is 2. The third-order valence-corrected chi connectivity index (χ3v) is 3.00. The number of nitrogens with one attached hydrogen (secondary N) is 1. The Morgan fingerprint density at radius 3 is 2.93 bits per heavy atom. The Morgan fingerprint density at radius 1 is 1.53 bits per heavy atom. The summed E-state index contributed by atoms with van der Waals surface area (Å²) in [6.45, 7) is 0. The van der Waals surface area contributed by atoms with Gasteiger partial charge in [0.05, 0.1) is 6.42 Å². The van der Waals surface area contributed by atoms with Gasteiger partial charge in [0.2, 0.25) is 0 Å². The average molecular weight is 208 g/mol. The van der Waals surface area contributed by atoms with Crippen molar-refractivity contribution >= 4 is 5.97 Å². The number of aromatic amines is 1. The van der Waals surface area contributed by atoms with E-state index in [4.69, 9.17) is 5.11 Å². The minimum atomic E-state index is -0.757. The largest absolute Gasteiger partial charge is 0.481 e. The van der Waals surface area contributed by atoms with E-state index < -0.39 is 5.97 Å². The maximum absolute atomic E-state index is 10.4. The van der Waals surface area contributed by atoms with Gasteiger partial charge in [0.25, 0.3) is 0 Å². The number of hydrogen-bond donors (Lipinski definition) is 2. The molecule has 4 heteroatoms. The number of carboxylic acids is 1. The maximum Gasteiger partial charge on any atom is 0.303 e. The Balaban J connectivity index is 1.94. The quantitative estimate of drug-likeness (QED) is 0.796. The number of carboxylic acid groups (broad SMARTS) is 1. The van der Waals surface area contributed by atoms with Gasteiger partial charge in [-0.15, -0.1) is 0 Å². The third-order valence-electron chi connectivity index (χ3n) is 3.00. The van der Waals surface area contributed by atoms with E-state index in [2.05, 4.69) is 9.97 Å². The van der Waals surface area contributed by atoms with Crippen molar-refractivity contribution in [2.24, 2.45) is 0 Å². The molecule has 15 heavy (non-hydrogen) atoms. The molecule has 0 amide bonds. The van der Waals surface area contributed by atoms with Crippen molar-refractivity contribution in [3.8, 4) is 0 Å². The molecule has 1 heterocycles. The number of imidazole rings is 1. The lowest BCUT2D eigenvalue weighted by Crippen LogP contribution is -1.98. The van der Waals surface area contributed by atoms with Crippen molar-refractivity contribution in [2.45, 2.75) is 44.4 Å². The van der Waals surface area contributed by atoms with Crippen LogP contribution in [0.25, 0.3) is 0 Å². The zero-order valence-electron chi connectivity index (χ0n) is 8.70. The molecule has 0 radical (unpaired) electrons. The van der Waals surface area contributed by atoms with E-state index in [0.717, 1.165) is 11.5 Å². The fourth-order valence-electron chi connectivity index (χ4n) is 2.15. The van der Waals surface area contributed by atoms with E-state index in [1.165, 1.54) is 25.7 Å². The second kappa shape index (κ2) is 4.47. The van der Waals surface area contributed by atoms with Crippen molar-refractivity contribution in [2.75, 3.05) is 0 Å². The van der Waals surface area contributed by atoms with E-state index >= 15 is 0 Å². The van der Waals surface area contributed by atoms with E-state index in [0.29, 0.717) is 12.3 Å². The second-order valence-electron chi connectivity index (χ2n) is 4.17. The molecule has 0 saturated heterocycles. The normalized spacial score (nSPS) is 17.1. The zero-order chi connectivity index (χ0) is 10.7. The molecular weight excluding hydrogens is 192 g/mol. The van der Waals surface area contributed by atoms with Crippen LogP contribution in [0.2, 0.25) is 0 Å². The van der Waals surface area contributed by atoms with Gasteiger partial charge in [-0.25, -0.2) is 4.98 Å². The molecule has 0 aromatic carbocycles. The standard InChI is InChI=1S/C11H16N2O2/c14-10(15)6-5-9-7-12-11(13-9)8-3-1-2-4-8/h7-8H,1-6H2,(H,12,13)(H,14,15). The fraction of sp³-hybridized carbons (Fsp3) is 0.636. The number of H-pyrrole nitrogens is 1. The molecule has 1 aromatic rings. The number of hydrogen-bond acceptors (Lipinski definition) is 2. The topological polar surface area (TPSA) is 66.0 Å². The van der Waals surface area contributed by atoms with Gasteiger partial charge in [-0.05, 0) is 19.3 Å². The van der Waals surface area contributed by atoms with Gasteiger partial charge >= 0.3 is 5.97 Å². The lowest BCUT2D eigenvalue weighted by molar-refractivity contribution is -0.136. The summed E-state index contributed by atoms with van der Waals surface area (Å²) in [5, 5.41) is 8.56. The van der Waals surface area contributed by atoms with E-state index in [-0.39, 0.29) is 6.42 Å². The summed E-state index contributed by atoms with van der Waals surface area (Å²) in [4.78, 5) is 18.0. The summed E-state index contributed by atoms with van der Waals surface area (Å²) in [5.74, 6) is 0.864. The number of aryl methyl sites for hydroxylation is 1. The lowest BCUT2D eigenvalue weighted by Gasteiger charge is -2.03. The maximum atomic E-state index is 10.4. The van der Waals surface area contributed by atoms with Gasteiger partial charge in [0.1, 0.15) is 5.82 Å². The van der Waals surface area contributed by atoms with Gasteiger partial charge in [-0.1, -0.05) is 12.8 Å². The SMILES string of the molecule is O=C(O)CCc1cnc(C2CCCC2)[nH]1. The Morgan fingerprint density at radius 2 is 2.27 bits per heavy atom. The molecule has 0 aliphatic heterocycles. The van der Waals surface area contributed by atoms with Crippen molar-refractivity contribution < 1.29 is 9.90 Å². The van der Waals surface area contributed by atoms with Crippen molar-refractivity contribution in [3.63, 3.8) is 0 Å².